The van der Waals surface area contributed by atoms with E-state index in [2.05, 4.69) is 19.1 Å². The Morgan fingerprint density at radius 2 is 1.57 bits per heavy atom. The number of rotatable bonds is 1. The summed E-state index contributed by atoms with van der Waals surface area (Å²) in [5, 5.41) is 7.79. The molecule has 3 saturated carbocycles. The van der Waals surface area contributed by atoms with Gasteiger partial charge >= 0.3 is 0 Å². The van der Waals surface area contributed by atoms with Gasteiger partial charge in [0.2, 0.25) is 0 Å². The summed E-state index contributed by atoms with van der Waals surface area (Å²) in [5.74, 6) is 1.72. The lowest BCUT2D eigenvalue weighted by molar-refractivity contribution is 0.310. The van der Waals surface area contributed by atoms with Gasteiger partial charge in [-0.3, -0.25) is 0 Å². The van der Waals surface area contributed by atoms with Gasteiger partial charge in [0.15, 0.2) is 0 Å². The first-order valence-electron chi connectivity index (χ1n) is 10.1. The molecular formula is C22H41N. The van der Waals surface area contributed by atoms with Crippen LogP contribution in [0.3, 0.4) is 0 Å². The van der Waals surface area contributed by atoms with Crippen LogP contribution in [0.4, 0.5) is 0 Å². The molecule has 0 saturated heterocycles. The zero-order valence-electron chi connectivity index (χ0n) is 17.1. The van der Waals surface area contributed by atoms with E-state index in [1.165, 1.54) is 49.7 Å². The highest BCUT2D eigenvalue weighted by Gasteiger charge is 2.57. The largest absolute Gasteiger partial charge is 0.306 e. The van der Waals surface area contributed by atoms with Crippen LogP contribution in [0, 0.1) is 22.7 Å². The average Bonchev–Trinajstić information content (AvgIpc) is 3.28. The highest BCUT2D eigenvalue weighted by Crippen LogP contribution is 2.68. The summed E-state index contributed by atoms with van der Waals surface area (Å²) in [6, 6.07) is 0. The second kappa shape index (κ2) is 10.8. The number of hydrogen-bond donors (Lipinski definition) is 1. The first-order valence-corrected chi connectivity index (χ1v) is 10.1. The Labute approximate surface area is 146 Å². The van der Waals surface area contributed by atoms with E-state index in [9.17, 15) is 0 Å². The van der Waals surface area contributed by atoms with Crippen LogP contribution in [0.5, 0.6) is 0 Å². The van der Waals surface area contributed by atoms with E-state index in [4.69, 9.17) is 5.41 Å². The van der Waals surface area contributed by atoms with Crippen molar-refractivity contribution in [2.75, 3.05) is 0 Å². The van der Waals surface area contributed by atoms with Crippen molar-refractivity contribution >= 4 is 5.71 Å². The molecular weight excluding hydrogens is 278 g/mol. The lowest BCUT2D eigenvalue weighted by Crippen LogP contribution is -2.24. The van der Waals surface area contributed by atoms with E-state index in [1.807, 2.05) is 48.5 Å². The molecule has 3 rings (SSSR count). The predicted molar refractivity (Wildman–Crippen MR) is 106 cm³/mol. The molecule has 0 aromatic heterocycles. The molecule has 0 radical (unpaired) electrons. The van der Waals surface area contributed by atoms with Crippen molar-refractivity contribution in [3.05, 3.63) is 23.3 Å². The summed E-state index contributed by atoms with van der Waals surface area (Å²) in [5.41, 5.74) is 4.46. The SMILES string of the molecule is C/C=C1/CCC2CCC3(CC3)C2/C1=C/C(C)=N.CC.CC.CC. The molecule has 1 nitrogen and oxygen atoms in total. The Morgan fingerprint density at radius 3 is 2.00 bits per heavy atom. The zero-order chi connectivity index (χ0) is 18.0. The van der Waals surface area contributed by atoms with Gasteiger partial charge in [0.1, 0.15) is 0 Å². The first kappa shape index (κ1) is 22.1. The third-order valence-electron chi connectivity index (χ3n) is 5.25. The molecule has 0 aliphatic heterocycles. The minimum Gasteiger partial charge on any atom is -0.306 e. The topological polar surface area (TPSA) is 23.9 Å². The minimum atomic E-state index is 0.667. The van der Waals surface area contributed by atoms with Gasteiger partial charge in [-0.1, -0.05) is 47.6 Å². The minimum absolute atomic E-state index is 0.667. The van der Waals surface area contributed by atoms with Crippen LogP contribution in [0.1, 0.15) is 93.9 Å². The van der Waals surface area contributed by atoms with Crippen LogP contribution in [0.2, 0.25) is 0 Å². The lowest BCUT2D eigenvalue weighted by Gasteiger charge is -2.34. The zero-order valence-corrected chi connectivity index (χ0v) is 17.1. The third-order valence-corrected chi connectivity index (χ3v) is 5.25. The molecule has 3 fully saturated rings. The van der Waals surface area contributed by atoms with Gasteiger partial charge in [-0.2, -0.15) is 0 Å². The van der Waals surface area contributed by atoms with Crippen LogP contribution in [0.15, 0.2) is 23.3 Å². The Balaban J connectivity index is 0.000000728. The summed E-state index contributed by atoms with van der Waals surface area (Å²) in [7, 11) is 0. The first-order chi connectivity index (χ1) is 11.2. The van der Waals surface area contributed by atoms with Crippen molar-refractivity contribution in [1.82, 2.24) is 0 Å². The van der Waals surface area contributed by atoms with Crippen LogP contribution < -0.4 is 0 Å². The third kappa shape index (κ3) is 5.06. The lowest BCUT2D eigenvalue weighted by atomic mass is 9.70. The van der Waals surface area contributed by atoms with E-state index in [0.29, 0.717) is 5.41 Å². The van der Waals surface area contributed by atoms with E-state index in [1.54, 1.807) is 0 Å². The molecule has 2 atom stereocenters. The van der Waals surface area contributed by atoms with Crippen LogP contribution in [-0.2, 0) is 0 Å². The molecule has 1 N–H and O–H groups in total. The summed E-state index contributed by atoms with van der Waals surface area (Å²) >= 11 is 0. The van der Waals surface area contributed by atoms with Crippen molar-refractivity contribution < 1.29 is 0 Å². The Morgan fingerprint density at radius 1 is 1.00 bits per heavy atom. The summed E-state index contributed by atoms with van der Waals surface area (Å²) in [4.78, 5) is 0. The molecule has 0 amide bonds. The molecule has 3 aliphatic carbocycles. The van der Waals surface area contributed by atoms with Crippen LogP contribution in [0.25, 0.3) is 0 Å². The van der Waals surface area contributed by atoms with Gasteiger partial charge in [-0.25, -0.2) is 0 Å². The highest BCUT2D eigenvalue weighted by atomic mass is 14.6. The van der Waals surface area contributed by atoms with Gasteiger partial charge in [-0.15, -0.1) is 0 Å². The van der Waals surface area contributed by atoms with Crippen LogP contribution in [-0.4, -0.2) is 5.71 Å². The fraction of sp³-hybridized carbons (Fsp3) is 0.773. The molecule has 1 spiro atoms. The van der Waals surface area contributed by atoms with Gasteiger partial charge in [0, 0.05) is 5.71 Å². The van der Waals surface area contributed by atoms with Crippen molar-refractivity contribution in [2.45, 2.75) is 93.9 Å². The Kier molecular flexibility index (Phi) is 10.4. The Bertz CT molecular complexity index is 410. The normalized spacial score (nSPS) is 29.4. The standard InChI is InChI=1S/C16H23N.3C2H6/c1-3-12-4-5-13-6-7-16(8-9-16)15(13)14(12)10-11(2)17;3*1-2/h3,10,13,15,17H,4-9H2,1-2H3;3*1-2H3/b12-3-,14-10+,17-11?;;;. The van der Waals surface area contributed by atoms with Crippen molar-refractivity contribution in [3.8, 4) is 0 Å². The number of allylic oxidation sites excluding steroid dienone is 4. The summed E-state index contributed by atoms with van der Waals surface area (Å²) in [6.07, 6.45) is 12.9. The molecule has 0 heterocycles. The molecule has 0 bridgehead atoms. The molecule has 23 heavy (non-hydrogen) atoms. The molecule has 1 heteroatoms. The van der Waals surface area contributed by atoms with E-state index >= 15 is 0 Å². The maximum absolute atomic E-state index is 7.79. The average molecular weight is 320 g/mol. The van der Waals surface area contributed by atoms with Crippen molar-refractivity contribution in [1.29, 1.82) is 5.41 Å². The molecule has 2 unspecified atom stereocenters. The van der Waals surface area contributed by atoms with Gasteiger partial charge in [-0.05, 0) is 86.8 Å². The summed E-state index contributed by atoms with van der Waals surface area (Å²) in [6.45, 7) is 16.1. The maximum atomic E-state index is 7.79. The molecule has 0 aromatic carbocycles. The fourth-order valence-electron chi connectivity index (χ4n) is 4.32. The van der Waals surface area contributed by atoms with Gasteiger partial charge in [0.05, 0.1) is 0 Å². The fourth-order valence-corrected chi connectivity index (χ4v) is 4.32. The highest BCUT2D eigenvalue weighted by molar-refractivity contribution is 5.91. The van der Waals surface area contributed by atoms with Gasteiger partial charge in [0.25, 0.3) is 0 Å². The van der Waals surface area contributed by atoms with E-state index in [0.717, 1.165) is 17.5 Å². The smallest absolute Gasteiger partial charge is 0.0285 e. The monoisotopic (exact) mass is 319 g/mol. The predicted octanol–water partition coefficient (Wildman–Crippen LogP) is 7.58. The number of nitrogens with one attached hydrogen (secondary N) is 1. The Hall–Kier alpha value is -0.850. The maximum Gasteiger partial charge on any atom is 0.0285 e. The van der Waals surface area contributed by atoms with Crippen molar-refractivity contribution in [3.63, 3.8) is 0 Å². The van der Waals surface area contributed by atoms with Gasteiger partial charge < -0.3 is 5.41 Å². The molecule has 3 aliphatic rings. The summed E-state index contributed by atoms with van der Waals surface area (Å²) < 4.78 is 0. The van der Waals surface area contributed by atoms with Crippen LogP contribution >= 0.6 is 0 Å². The molecule has 134 valence electrons. The van der Waals surface area contributed by atoms with E-state index < -0.39 is 0 Å². The number of hydrogen-bond acceptors (Lipinski definition) is 1. The van der Waals surface area contributed by atoms with E-state index in [-0.39, 0.29) is 0 Å². The second-order valence-electron chi connectivity index (χ2n) is 6.27. The molecule has 0 aromatic rings. The van der Waals surface area contributed by atoms with Crippen molar-refractivity contribution in [2.24, 2.45) is 17.3 Å². The quantitative estimate of drug-likeness (QED) is 0.482. The second-order valence-corrected chi connectivity index (χ2v) is 6.27. The number of fused-ring (bicyclic) bond motifs is 2.